The fraction of sp³-hybridized carbons (Fsp3) is 0.222. The van der Waals surface area contributed by atoms with Crippen LogP contribution in [0.3, 0.4) is 0 Å². The summed E-state index contributed by atoms with van der Waals surface area (Å²) in [5, 5.41) is 12.0. The van der Waals surface area contributed by atoms with E-state index >= 15 is 0 Å². The fourth-order valence-corrected chi connectivity index (χ4v) is 2.80. The number of hydrogen-bond acceptors (Lipinski definition) is 3. The Bertz CT molecular complexity index is 705. The Labute approximate surface area is 154 Å². The van der Waals surface area contributed by atoms with Crippen molar-refractivity contribution in [3.8, 4) is 0 Å². The molecule has 0 aromatic heterocycles. The van der Waals surface area contributed by atoms with Gasteiger partial charge in [0.25, 0.3) is 0 Å². The molecule has 0 aliphatic carbocycles. The molecule has 126 valence electrons. The highest BCUT2D eigenvalue weighted by Gasteiger charge is 2.27. The summed E-state index contributed by atoms with van der Waals surface area (Å²) in [5.74, 6) is -1.77. The zero-order valence-electron chi connectivity index (χ0n) is 13.1. The third-order valence-electron chi connectivity index (χ3n) is 3.58. The van der Waals surface area contributed by atoms with Crippen LogP contribution in [0.25, 0.3) is 0 Å². The van der Waals surface area contributed by atoms with Crippen LogP contribution in [0.4, 0.5) is 4.79 Å². The normalized spacial score (nSPS) is 12.9. The predicted molar refractivity (Wildman–Crippen MR) is 98.5 cm³/mol. The van der Waals surface area contributed by atoms with Crippen LogP contribution in [-0.4, -0.2) is 17.2 Å². The molecule has 2 N–H and O–H groups in total. The van der Waals surface area contributed by atoms with E-state index in [2.05, 4.69) is 27.9 Å². The van der Waals surface area contributed by atoms with E-state index in [1.807, 2.05) is 48.5 Å². The number of benzene rings is 2. The topological polar surface area (TPSA) is 75.6 Å². The molecule has 0 heterocycles. The molecule has 0 saturated heterocycles. The summed E-state index contributed by atoms with van der Waals surface area (Å²) in [6.45, 7) is 1.69. The molecule has 2 atom stereocenters. The number of nitrogens with one attached hydrogen (secondary N) is 1. The first-order valence-corrected chi connectivity index (χ1v) is 8.50. The molecule has 0 bridgehead atoms. The summed E-state index contributed by atoms with van der Waals surface area (Å²) in [6.07, 6.45) is -0.643. The van der Waals surface area contributed by atoms with E-state index < -0.39 is 24.0 Å². The van der Waals surface area contributed by atoms with Crippen molar-refractivity contribution in [3.63, 3.8) is 0 Å². The van der Waals surface area contributed by atoms with Crippen LogP contribution in [0.5, 0.6) is 0 Å². The fourth-order valence-electron chi connectivity index (χ4n) is 2.23. The Kier molecular flexibility index (Phi) is 6.60. The van der Waals surface area contributed by atoms with Gasteiger partial charge in [-0.1, -0.05) is 42.5 Å². The van der Waals surface area contributed by atoms with Crippen molar-refractivity contribution >= 4 is 34.7 Å². The van der Waals surface area contributed by atoms with Crippen molar-refractivity contribution in [3.05, 3.63) is 69.3 Å². The molecule has 0 aliphatic rings. The number of carboxylic acid groups (broad SMARTS) is 1. The van der Waals surface area contributed by atoms with Crippen LogP contribution in [0.2, 0.25) is 0 Å². The molecule has 1 amide bonds. The second-order valence-electron chi connectivity index (χ2n) is 5.37. The van der Waals surface area contributed by atoms with E-state index in [-0.39, 0.29) is 6.61 Å². The predicted octanol–water partition coefficient (Wildman–Crippen LogP) is 3.98. The standard InChI is InChI=1S/C18H18INO4/c1-12(17(21)22)16(14-8-5-9-15(19)10-14)20-18(23)24-11-13-6-3-2-4-7-13/h2-10,12,16H,11H2,1H3,(H,20,23)(H,21,22). The first-order valence-electron chi connectivity index (χ1n) is 7.43. The minimum absolute atomic E-state index is 0.132. The van der Waals surface area contributed by atoms with Crippen LogP contribution in [0, 0.1) is 9.49 Å². The van der Waals surface area contributed by atoms with Gasteiger partial charge < -0.3 is 15.2 Å². The summed E-state index contributed by atoms with van der Waals surface area (Å²) in [5.41, 5.74) is 1.60. The number of carbonyl (C=O) groups excluding carboxylic acids is 1. The maximum atomic E-state index is 12.1. The Morgan fingerprint density at radius 2 is 1.88 bits per heavy atom. The molecule has 0 fully saturated rings. The van der Waals surface area contributed by atoms with E-state index in [9.17, 15) is 14.7 Å². The lowest BCUT2D eigenvalue weighted by atomic mass is 9.95. The van der Waals surface area contributed by atoms with Gasteiger partial charge in [0.05, 0.1) is 12.0 Å². The van der Waals surface area contributed by atoms with Crippen LogP contribution in [0.15, 0.2) is 54.6 Å². The molecule has 5 nitrogen and oxygen atoms in total. The second-order valence-corrected chi connectivity index (χ2v) is 6.61. The molecular formula is C18H18INO4. The number of amides is 1. The SMILES string of the molecule is CC(C(=O)O)C(NC(=O)OCc1ccccc1)c1cccc(I)c1. The van der Waals surface area contributed by atoms with Gasteiger partial charge in [-0.05, 0) is 52.8 Å². The van der Waals surface area contributed by atoms with Crippen molar-refractivity contribution in [2.75, 3.05) is 0 Å². The van der Waals surface area contributed by atoms with Gasteiger partial charge in [-0.3, -0.25) is 4.79 Å². The monoisotopic (exact) mass is 439 g/mol. The Hall–Kier alpha value is -2.09. The summed E-state index contributed by atoms with van der Waals surface area (Å²) in [7, 11) is 0. The van der Waals surface area contributed by atoms with Crippen molar-refractivity contribution in [2.24, 2.45) is 5.92 Å². The number of rotatable bonds is 6. The smallest absolute Gasteiger partial charge is 0.407 e. The van der Waals surface area contributed by atoms with Gasteiger partial charge >= 0.3 is 12.1 Å². The number of carboxylic acids is 1. The van der Waals surface area contributed by atoms with Crippen LogP contribution >= 0.6 is 22.6 Å². The zero-order valence-corrected chi connectivity index (χ0v) is 15.3. The molecule has 0 spiro atoms. The number of carbonyl (C=O) groups is 2. The summed E-state index contributed by atoms with van der Waals surface area (Å²) in [4.78, 5) is 23.4. The number of alkyl carbamates (subject to hydrolysis) is 1. The summed E-state index contributed by atoms with van der Waals surface area (Å²) < 4.78 is 6.16. The molecule has 0 radical (unpaired) electrons. The lowest BCUT2D eigenvalue weighted by Gasteiger charge is -2.23. The van der Waals surface area contributed by atoms with Crippen LogP contribution in [0.1, 0.15) is 24.1 Å². The average molecular weight is 439 g/mol. The van der Waals surface area contributed by atoms with Gasteiger partial charge in [0, 0.05) is 3.57 Å². The Morgan fingerprint density at radius 3 is 2.50 bits per heavy atom. The third kappa shape index (κ3) is 5.23. The van der Waals surface area contributed by atoms with Crippen molar-refractivity contribution in [1.29, 1.82) is 0 Å². The quantitative estimate of drug-likeness (QED) is 0.668. The van der Waals surface area contributed by atoms with Crippen molar-refractivity contribution < 1.29 is 19.4 Å². The molecular weight excluding hydrogens is 421 g/mol. The Balaban J connectivity index is 2.07. The number of ether oxygens (including phenoxy) is 1. The first-order chi connectivity index (χ1) is 11.5. The highest BCUT2D eigenvalue weighted by molar-refractivity contribution is 14.1. The minimum Gasteiger partial charge on any atom is -0.481 e. The molecule has 6 heteroatoms. The summed E-state index contributed by atoms with van der Waals surface area (Å²) in [6, 6.07) is 16.0. The van der Waals surface area contributed by atoms with Crippen molar-refractivity contribution in [2.45, 2.75) is 19.6 Å². The molecule has 0 saturated carbocycles. The molecule has 2 aromatic rings. The van der Waals surface area contributed by atoms with Gasteiger partial charge in [0.1, 0.15) is 6.61 Å². The maximum absolute atomic E-state index is 12.1. The van der Waals surface area contributed by atoms with Gasteiger partial charge in [-0.25, -0.2) is 4.79 Å². The Morgan fingerprint density at radius 1 is 1.17 bits per heavy atom. The lowest BCUT2D eigenvalue weighted by Crippen LogP contribution is -2.36. The first kappa shape index (κ1) is 18.3. The van der Waals surface area contributed by atoms with E-state index in [4.69, 9.17) is 4.74 Å². The second kappa shape index (κ2) is 8.68. The summed E-state index contributed by atoms with van der Waals surface area (Å²) >= 11 is 2.15. The third-order valence-corrected chi connectivity index (χ3v) is 4.25. The zero-order chi connectivity index (χ0) is 17.5. The molecule has 2 unspecified atom stereocenters. The number of aliphatic carboxylic acids is 1. The van der Waals surface area contributed by atoms with E-state index in [1.54, 1.807) is 13.0 Å². The molecule has 0 aliphatic heterocycles. The average Bonchev–Trinajstić information content (AvgIpc) is 2.58. The van der Waals surface area contributed by atoms with Crippen LogP contribution in [-0.2, 0) is 16.1 Å². The number of halogens is 1. The minimum atomic E-state index is -0.984. The van der Waals surface area contributed by atoms with Gasteiger partial charge in [-0.2, -0.15) is 0 Å². The molecule has 2 aromatic carbocycles. The van der Waals surface area contributed by atoms with Gasteiger partial charge in [0.2, 0.25) is 0 Å². The highest BCUT2D eigenvalue weighted by Crippen LogP contribution is 2.24. The number of hydrogen-bond donors (Lipinski definition) is 2. The molecule has 24 heavy (non-hydrogen) atoms. The maximum Gasteiger partial charge on any atom is 0.407 e. The highest BCUT2D eigenvalue weighted by atomic mass is 127. The largest absolute Gasteiger partial charge is 0.481 e. The van der Waals surface area contributed by atoms with E-state index in [1.165, 1.54) is 0 Å². The molecule has 2 rings (SSSR count). The van der Waals surface area contributed by atoms with Gasteiger partial charge in [-0.15, -0.1) is 0 Å². The van der Waals surface area contributed by atoms with E-state index in [0.717, 1.165) is 14.7 Å². The lowest BCUT2D eigenvalue weighted by molar-refractivity contribution is -0.142. The van der Waals surface area contributed by atoms with Crippen molar-refractivity contribution in [1.82, 2.24) is 5.32 Å². The van der Waals surface area contributed by atoms with Crippen LogP contribution < -0.4 is 5.32 Å². The van der Waals surface area contributed by atoms with Gasteiger partial charge in [0.15, 0.2) is 0 Å². The van der Waals surface area contributed by atoms with E-state index in [0.29, 0.717) is 0 Å².